The first-order valence-electron chi connectivity index (χ1n) is 5.19. The molecule has 0 spiro atoms. The third kappa shape index (κ3) is 3.37. The van der Waals surface area contributed by atoms with Gasteiger partial charge in [0.2, 0.25) is 5.91 Å². The minimum atomic E-state index is -0.713. The lowest BCUT2D eigenvalue weighted by Gasteiger charge is -2.20. The van der Waals surface area contributed by atoms with E-state index in [2.05, 4.69) is 10.9 Å². The second kappa shape index (κ2) is 4.29. The first kappa shape index (κ1) is 12.8. The SMILES string of the molecule is CC(C)(C)OC(=O)NNC(=O)C1(CO)CC1. The lowest BCUT2D eigenvalue weighted by atomic mass is 10.1. The van der Waals surface area contributed by atoms with Crippen molar-refractivity contribution in [3.63, 3.8) is 0 Å². The molecule has 0 aromatic heterocycles. The van der Waals surface area contributed by atoms with E-state index >= 15 is 0 Å². The molecule has 0 aromatic rings. The van der Waals surface area contributed by atoms with Crippen LogP contribution in [-0.2, 0) is 9.53 Å². The Kier molecular flexibility index (Phi) is 3.42. The van der Waals surface area contributed by atoms with Gasteiger partial charge in [-0.15, -0.1) is 0 Å². The van der Waals surface area contributed by atoms with Gasteiger partial charge in [0.25, 0.3) is 0 Å². The summed E-state index contributed by atoms with van der Waals surface area (Å²) in [6.45, 7) is 4.98. The summed E-state index contributed by atoms with van der Waals surface area (Å²) >= 11 is 0. The van der Waals surface area contributed by atoms with Gasteiger partial charge in [-0.2, -0.15) is 0 Å². The molecule has 0 atom stereocenters. The molecule has 0 radical (unpaired) electrons. The maximum Gasteiger partial charge on any atom is 0.426 e. The van der Waals surface area contributed by atoms with Crippen molar-refractivity contribution in [2.45, 2.75) is 39.2 Å². The van der Waals surface area contributed by atoms with Gasteiger partial charge in [0.1, 0.15) is 5.60 Å². The highest BCUT2D eigenvalue weighted by atomic mass is 16.6. The number of carbonyl (C=O) groups excluding carboxylic acids is 2. The minimum absolute atomic E-state index is 0.200. The van der Waals surface area contributed by atoms with Crippen LogP contribution in [0, 0.1) is 5.41 Å². The molecule has 0 unspecified atom stereocenters. The second-order valence-corrected chi connectivity index (χ2v) is 5.02. The fourth-order valence-electron chi connectivity index (χ4n) is 1.15. The topological polar surface area (TPSA) is 87.7 Å². The molecule has 0 aliphatic heterocycles. The Morgan fingerprint density at radius 1 is 1.31 bits per heavy atom. The first-order valence-corrected chi connectivity index (χ1v) is 5.19. The number of ether oxygens (including phenoxy) is 1. The van der Waals surface area contributed by atoms with E-state index in [1.807, 2.05) is 0 Å². The van der Waals surface area contributed by atoms with Crippen LogP contribution >= 0.6 is 0 Å². The Morgan fingerprint density at radius 2 is 1.88 bits per heavy atom. The molecule has 1 aliphatic rings. The summed E-state index contributed by atoms with van der Waals surface area (Å²) in [5, 5.41) is 8.97. The molecule has 6 nitrogen and oxygen atoms in total. The number of hydrogen-bond acceptors (Lipinski definition) is 4. The average molecular weight is 230 g/mol. The van der Waals surface area contributed by atoms with Crippen LogP contribution in [0.2, 0.25) is 0 Å². The molecule has 3 N–H and O–H groups in total. The Hall–Kier alpha value is -1.30. The van der Waals surface area contributed by atoms with E-state index in [9.17, 15) is 9.59 Å². The zero-order valence-corrected chi connectivity index (χ0v) is 9.79. The van der Waals surface area contributed by atoms with Crippen LogP contribution in [0.25, 0.3) is 0 Å². The quantitative estimate of drug-likeness (QED) is 0.596. The molecule has 1 saturated carbocycles. The Morgan fingerprint density at radius 3 is 2.25 bits per heavy atom. The van der Waals surface area contributed by atoms with Crippen molar-refractivity contribution in [2.75, 3.05) is 6.61 Å². The molecule has 16 heavy (non-hydrogen) atoms. The average Bonchev–Trinajstić information content (AvgIpc) is 2.92. The van der Waals surface area contributed by atoms with Crippen molar-refractivity contribution < 1.29 is 19.4 Å². The number of rotatable bonds is 2. The normalized spacial score (nSPS) is 17.5. The summed E-state index contributed by atoms with van der Waals surface area (Å²) in [6, 6.07) is 0. The number of carbonyl (C=O) groups is 2. The zero-order valence-electron chi connectivity index (χ0n) is 9.79. The van der Waals surface area contributed by atoms with Crippen molar-refractivity contribution in [3.8, 4) is 0 Å². The summed E-state index contributed by atoms with van der Waals surface area (Å²) in [5.74, 6) is -0.374. The van der Waals surface area contributed by atoms with Gasteiger partial charge in [-0.25, -0.2) is 10.2 Å². The van der Waals surface area contributed by atoms with Crippen molar-refractivity contribution >= 4 is 12.0 Å². The molecular formula is C10H18N2O4. The van der Waals surface area contributed by atoms with E-state index < -0.39 is 17.1 Å². The van der Waals surface area contributed by atoms with Crippen molar-refractivity contribution in [3.05, 3.63) is 0 Å². The Labute approximate surface area is 94.3 Å². The molecular weight excluding hydrogens is 212 g/mol. The molecule has 0 bridgehead atoms. The highest BCUT2D eigenvalue weighted by Crippen LogP contribution is 2.44. The highest BCUT2D eigenvalue weighted by Gasteiger charge is 2.49. The van der Waals surface area contributed by atoms with Gasteiger partial charge < -0.3 is 9.84 Å². The van der Waals surface area contributed by atoms with Crippen LogP contribution in [0.5, 0.6) is 0 Å². The fourth-order valence-corrected chi connectivity index (χ4v) is 1.15. The highest BCUT2D eigenvalue weighted by molar-refractivity contribution is 5.86. The molecule has 92 valence electrons. The van der Waals surface area contributed by atoms with Crippen molar-refractivity contribution in [2.24, 2.45) is 5.41 Å². The van der Waals surface area contributed by atoms with E-state index in [4.69, 9.17) is 9.84 Å². The summed E-state index contributed by atoms with van der Waals surface area (Å²) in [4.78, 5) is 22.7. The number of nitrogens with one attached hydrogen (secondary N) is 2. The lowest BCUT2D eigenvalue weighted by molar-refractivity contribution is -0.128. The standard InChI is InChI=1S/C10H18N2O4/c1-9(2,3)16-8(15)12-11-7(14)10(6-13)4-5-10/h13H,4-6H2,1-3H3,(H,11,14)(H,12,15). The van der Waals surface area contributed by atoms with E-state index in [-0.39, 0.29) is 12.5 Å². The summed E-state index contributed by atoms with van der Waals surface area (Å²) in [5.41, 5.74) is 3.08. The van der Waals surface area contributed by atoms with E-state index in [1.165, 1.54) is 0 Å². The van der Waals surface area contributed by atoms with Crippen LogP contribution < -0.4 is 10.9 Å². The van der Waals surface area contributed by atoms with Crippen molar-refractivity contribution in [1.82, 2.24) is 10.9 Å². The molecule has 0 aromatic carbocycles. The fraction of sp³-hybridized carbons (Fsp3) is 0.800. The first-order chi connectivity index (χ1) is 7.29. The van der Waals surface area contributed by atoms with Gasteiger partial charge in [-0.1, -0.05) is 0 Å². The second-order valence-electron chi connectivity index (χ2n) is 5.02. The predicted molar refractivity (Wildman–Crippen MR) is 56.3 cm³/mol. The van der Waals surface area contributed by atoms with E-state index in [0.717, 1.165) is 0 Å². The molecule has 0 saturated heterocycles. The number of hydrogen-bond donors (Lipinski definition) is 3. The predicted octanol–water partition coefficient (Wildman–Crippen LogP) is 0.315. The summed E-state index contributed by atoms with van der Waals surface area (Å²) < 4.78 is 4.93. The maximum atomic E-state index is 11.5. The molecule has 2 amide bonds. The van der Waals surface area contributed by atoms with Gasteiger partial charge in [0.15, 0.2) is 0 Å². The lowest BCUT2D eigenvalue weighted by Crippen LogP contribution is -2.47. The molecule has 1 fully saturated rings. The van der Waals surface area contributed by atoms with Crippen LogP contribution in [-0.4, -0.2) is 29.3 Å². The Bertz CT molecular complexity index is 292. The van der Waals surface area contributed by atoms with E-state index in [1.54, 1.807) is 20.8 Å². The smallest absolute Gasteiger partial charge is 0.426 e. The van der Waals surface area contributed by atoms with Crippen LogP contribution in [0.3, 0.4) is 0 Å². The molecule has 6 heteroatoms. The maximum absolute atomic E-state index is 11.5. The van der Waals surface area contributed by atoms with Crippen LogP contribution in [0.4, 0.5) is 4.79 Å². The van der Waals surface area contributed by atoms with Gasteiger partial charge in [0, 0.05) is 0 Å². The largest absolute Gasteiger partial charge is 0.443 e. The minimum Gasteiger partial charge on any atom is -0.443 e. The molecule has 1 aliphatic carbocycles. The van der Waals surface area contributed by atoms with Crippen molar-refractivity contribution in [1.29, 1.82) is 0 Å². The molecule has 1 rings (SSSR count). The number of aliphatic hydroxyl groups is 1. The monoisotopic (exact) mass is 230 g/mol. The third-order valence-electron chi connectivity index (χ3n) is 2.31. The van der Waals surface area contributed by atoms with Crippen LogP contribution in [0.15, 0.2) is 0 Å². The zero-order chi connectivity index (χ0) is 12.4. The third-order valence-corrected chi connectivity index (χ3v) is 2.31. The number of amides is 2. The molecule has 0 heterocycles. The number of aliphatic hydroxyl groups excluding tert-OH is 1. The van der Waals surface area contributed by atoms with Gasteiger partial charge >= 0.3 is 6.09 Å². The number of hydrazine groups is 1. The van der Waals surface area contributed by atoms with E-state index in [0.29, 0.717) is 12.8 Å². The van der Waals surface area contributed by atoms with Crippen LogP contribution in [0.1, 0.15) is 33.6 Å². The summed E-state index contributed by atoms with van der Waals surface area (Å²) in [6.07, 6.45) is 0.575. The van der Waals surface area contributed by atoms with Gasteiger partial charge in [-0.05, 0) is 33.6 Å². The Balaban J connectivity index is 2.30. The van der Waals surface area contributed by atoms with Gasteiger partial charge in [-0.3, -0.25) is 10.2 Å². The summed E-state index contributed by atoms with van der Waals surface area (Å²) in [7, 11) is 0. The van der Waals surface area contributed by atoms with Gasteiger partial charge in [0.05, 0.1) is 12.0 Å².